The smallest absolute Gasteiger partial charge is 0.245 e. The molecule has 0 unspecified atom stereocenters. The first kappa shape index (κ1) is 28.9. The molecule has 2 amide bonds. The van der Waals surface area contributed by atoms with Crippen molar-refractivity contribution in [1.82, 2.24) is 20.0 Å². The number of nitrogens with one attached hydrogen (secondary N) is 1. The zero-order valence-corrected chi connectivity index (χ0v) is 23.9. The van der Waals surface area contributed by atoms with E-state index < -0.39 is 17.1 Å². The van der Waals surface area contributed by atoms with Crippen LogP contribution in [0.5, 0.6) is 0 Å². The Hall–Kier alpha value is -1.67. The van der Waals surface area contributed by atoms with Crippen molar-refractivity contribution in [3.8, 4) is 0 Å². The van der Waals surface area contributed by atoms with Crippen molar-refractivity contribution in [2.75, 3.05) is 45.8 Å². The van der Waals surface area contributed by atoms with E-state index in [2.05, 4.69) is 35.9 Å². The van der Waals surface area contributed by atoms with E-state index in [1.165, 1.54) is 0 Å². The van der Waals surface area contributed by atoms with Gasteiger partial charge in [0.1, 0.15) is 6.04 Å². The standard InChI is InChI=1S/C28H45ClN4O3/c1-20(2)24(30-23(34)18-31-14-16-33(17-15-31)26(3,4)5)25(35)32-13-12-28(36,27(6,7)19-32)21-8-10-22(29)11-9-21/h8-11,20,24,36H,12-19H2,1-7H3,(H,30,34)/t24-,28+/m1/s1. The maximum absolute atomic E-state index is 13.6. The summed E-state index contributed by atoms with van der Waals surface area (Å²) >= 11 is 6.05. The van der Waals surface area contributed by atoms with E-state index in [0.717, 1.165) is 31.7 Å². The molecule has 8 heteroatoms. The lowest BCUT2D eigenvalue weighted by Gasteiger charge is -2.51. The predicted octanol–water partition coefficient (Wildman–Crippen LogP) is 3.34. The molecular weight excluding hydrogens is 476 g/mol. The second-order valence-electron chi connectivity index (χ2n) is 12.5. The average molecular weight is 521 g/mol. The van der Waals surface area contributed by atoms with Gasteiger partial charge in [-0.1, -0.05) is 51.4 Å². The summed E-state index contributed by atoms with van der Waals surface area (Å²) in [7, 11) is 0. The van der Waals surface area contributed by atoms with Crippen LogP contribution in [0.3, 0.4) is 0 Å². The molecule has 1 aromatic carbocycles. The third-order valence-corrected chi connectivity index (χ3v) is 8.27. The molecule has 0 saturated carbocycles. The Morgan fingerprint density at radius 2 is 1.64 bits per heavy atom. The van der Waals surface area contributed by atoms with Crippen molar-refractivity contribution in [2.24, 2.45) is 11.3 Å². The summed E-state index contributed by atoms with van der Waals surface area (Å²) in [5.74, 6) is -0.235. The van der Waals surface area contributed by atoms with Crippen LogP contribution >= 0.6 is 11.6 Å². The van der Waals surface area contributed by atoms with Gasteiger partial charge in [-0.3, -0.25) is 19.4 Å². The third-order valence-electron chi connectivity index (χ3n) is 8.02. The van der Waals surface area contributed by atoms with Crippen molar-refractivity contribution in [2.45, 2.75) is 72.1 Å². The van der Waals surface area contributed by atoms with Crippen LogP contribution in [0.2, 0.25) is 5.02 Å². The number of piperazine rings is 1. The molecule has 3 rings (SSSR count). The number of piperidine rings is 1. The second-order valence-corrected chi connectivity index (χ2v) is 12.9. The minimum Gasteiger partial charge on any atom is -0.384 e. The zero-order chi connectivity index (χ0) is 26.9. The molecule has 2 fully saturated rings. The van der Waals surface area contributed by atoms with Gasteiger partial charge in [0.15, 0.2) is 0 Å². The van der Waals surface area contributed by atoms with E-state index in [1.54, 1.807) is 17.0 Å². The molecular formula is C28H45ClN4O3. The SMILES string of the molecule is CC(C)[C@@H](NC(=O)CN1CCN(C(C)(C)C)CC1)C(=O)N1CC[C@](O)(c2ccc(Cl)cc2)C(C)(C)C1. The number of benzene rings is 1. The van der Waals surface area contributed by atoms with Crippen molar-refractivity contribution in [1.29, 1.82) is 0 Å². The molecule has 0 aromatic heterocycles. The molecule has 0 spiro atoms. The monoisotopic (exact) mass is 520 g/mol. The van der Waals surface area contributed by atoms with Crippen LogP contribution in [0.1, 0.15) is 60.5 Å². The summed E-state index contributed by atoms with van der Waals surface area (Å²) in [5.41, 5.74) is -0.706. The molecule has 0 aliphatic carbocycles. The third kappa shape index (κ3) is 6.42. The van der Waals surface area contributed by atoms with Crippen molar-refractivity contribution < 1.29 is 14.7 Å². The second kappa shape index (κ2) is 11.0. The molecule has 0 bridgehead atoms. The summed E-state index contributed by atoms with van der Waals surface area (Å²) in [5, 5.41) is 15.3. The normalized spacial score (nSPS) is 24.6. The molecule has 2 heterocycles. The number of amides is 2. The molecule has 1 aromatic rings. The van der Waals surface area contributed by atoms with Gasteiger partial charge in [0.25, 0.3) is 0 Å². The van der Waals surface area contributed by atoms with Gasteiger partial charge < -0.3 is 15.3 Å². The van der Waals surface area contributed by atoms with E-state index in [9.17, 15) is 14.7 Å². The summed E-state index contributed by atoms with van der Waals surface area (Å²) in [6.07, 6.45) is 0.421. The quantitative estimate of drug-likeness (QED) is 0.601. The fraction of sp³-hybridized carbons (Fsp3) is 0.714. The first-order valence-electron chi connectivity index (χ1n) is 13.2. The highest BCUT2D eigenvalue weighted by Crippen LogP contribution is 2.46. The number of hydrogen-bond acceptors (Lipinski definition) is 5. The van der Waals surface area contributed by atoms with Gasteiger partial charge in [-0.15, -0.1) is 0 Å². The number of aliphatic hydroxyl groups is 1. The molecule has 2 aliphatic rings. The lowest BCUT2D eigenvalue weighted by Crippen LogP contribution is -2.61. The van der Waals surface area contributed by atoms with Crippen LogP contribution in [-0.2, 0) is 15.2 Å². The topological polar surface area (TPSA) is 76.1 Å². The van der Waals surface area contributed by atoms with Gasteiger partial charge in [-0.2, -0.15) is 0 Å². The Labute approximate surface area is 222 Å². The molecule has 2 saturated heterocycles. The fourth-order valence-electron chi connectivity index (χ4n) is 5.48. The van der Waals surface area contributed by atoms with Gasteiger partial charge in [-0.05, 0) is 50.8 Å². The summed E-state index contributed by atoms with van der Waals surface area (Å²) in [4.78, 5) is 32.9. The van der Waals surface area contributed by atoms with E-state index in [1.807, 2.05) is 39.8 Å². The highest BCUT2D eigenvalue weighted by Gasteiger charge is 2.50. The lowest BCUT2D eigenvalue weighted by molar-refractivity contribution is -0.156. The highest BCUT2D eigenvalue weighted by atomic mass is 35.5. The first-order valence-corrected chi connectivity index (χ1v) is 13.6. The number of carbonyl (C=O) groups excluding carboxylic acids is 2. The molecule has 0 radical (unpaired) electrons. The lowest BCUT2D eigenvalue weighted by atomic mass is 9.66. The number of halogens is 1. The highest BCUT2D eigenvalue weighted by molar-refractivity contribution is 6.30. The molecule has 2 atom stereocenters. The summed E-state index contributed by atoms with van der Waals surface area (Å²) in [6.45, 7) is 19.2. The van der Waals surface area contributed by atoms with Gasteiger partial charge in [-0.25, -0.2) is 0 Å². The number of nitrogens with zero attached hydrogens (tertiary/aromatic N) is 3. The maximum atomic E-state index is 13.6. The van der Waals surface area contributed by atoms with Crippen LogP contribution < -0.4 is 5.32 Å². The van der Waals surface area contributed by atoms with Crippen molar-refractivity contribution in [3.63, 3.8) is 0 Å². The van der Waals surface area contributed by atoms with Crippen LogP contribution in [0.15, 0.2) is 24.3 Å². The number of carbonyl (C=O) groups is 2. The fourth-order valence-corrected chi connectivity index (χ4v) is 5.61. The average Bonchev–Trinajstić information content (AvgIpc) is 2.78. The van der Waals surface area contributed by atoms with Crippen molar-refractivity contribution >= 4 is 23.4 Å². The molecule has 2 aliphatic heterocycles. The minimum atomic E-state index is -1.07. The summed E-state index contributed by atoms with van der Waals surface area (Å²) in [6, 6.07) is 6.71. The van der Waals surface area contributed by atoms with E-state index >= 15 is 0 Å². The van der Waals surface area contributed by atoms with E-state index in [0.29, 0.717) is 31.1 Å². The zero-order valence-electron chi connectivity index (χ0n) is 23.1. The Morgan fingerprint density at radius 3 is 2.14 bits per heavy atom. The maximum Gasteiger partial charge on any atom is 0.245 e. The molecule has 36 heavy (non-hydrogen) atoms. The van der Waals surface area contributed by atoms with Crippen LogP contribution in [0.4, 0.5) is 0 Å². The Kier molecular flexibility index (Phi) is 8.81. The first-order chi connectivity index (χ1) is 16.6. The minimum absolute atomic E-state index is 0.0422. The van der Waals surface area contributed by atoms with E-state index in [-0.39, 0.29) is 23.3 Å². The molecule has 202 valence electrons. The van der Waals surface area contributed by atoms with Gasteiger partial charge in [0, 0.05) is 55.2 Å². The number of rotatable bonds is 6. The van der Waals surface area contributed by atoms with Crippen LogP contribution in [0, 0.1) is 11.3 Å². The van der Waals surface area contributed by atoms with E-state index in [4.69, 9.17) is 11.6 Å². The number of hydrogen-bond donors (Lipinski definition) is 2. The van der Waals surface area contributed by atoms with Gasteiger partial charge >= 0.3 is 0 Å². The largest absolute Gasteiger partial charge is 0.384 e. The number of likely N-dealkylation sites (tertiary alicyclic amines) is 1. The predicted molar refractivity (Wildman–Crippen MR) is 145 cm³/mol. The van der Waals surface area contributed by atoms with Crippen LogP contribution in [0.25, 0.3) is 0 Å². The Bertz CT molecular complexity index is 920. The van der Waals surface area contributed by atoms with Crippen LogP contribution in [-0.4, -0.2) is 89.0 Å². The van der Waals surface area contributed by atoms with Gasteiger partial charge in [0.05, 0.1) is 12.1 Å². The summed E-state index contributed by atoms with van der Waals surface area (Å²) < 4.78 is 0. The molecule has 7 nitrogen and oxygen atoms in total. The molecule has 2 N–H and O–H groups in total. The van der Waals surface area contributed by atoms with Crippen molar-refractivity contribution in [3.05, 3.63) is 34.9 Å². The Morgan fingerprint density at radius 1 is 1.06 bits per heavy atom. The Balaban J connectivity index is 1.61. The van der Waals surface area contributed by atoms with Gasteiger partial charge in [0.2, 0.25) is 11.8 Å².